The van der Waals surface area contributed by atoms with Crippen molar-refractivity contribution in [3.8, 4) is 0 Å². The highest BCUT2D eigenvalue weighted by atomic mass is 16.5. The standard InChI is InChI=1S/C19H22N2O2/c1-13(2)17-18(22)21-15(11-14-7-4-3-5-8-14)12-23-19(21)16-9-6-10-20(16)17/h3-10,13,15,17,19H,11-12H2,1-2H3/t15-,17-,19?/m0/s1. The van der Waals surface area contributed by atoms with Crippen LogP contribution in [-0.2, 0) is 16.0 Å². The van der Waals surface area contributed by atoms with Gasteiger partial charge < -0.3 is 14.2 Å². The number of ether oxygens (including phenoxy) is 1. The summed E-state index contributed by atoms with van der Waals surface area (Å²) < 4.78 is 8.11. The largest absolute Gasteiger partial charge is 0.350 e. The number of benzene rings is 1. The number of hydrogen-bond donors (Lipinski definition) is 0. The summed E-state index contributed by atoms with van der Waals surface area (Å²) in [6.07, 6.45) is 2.61. The van der Waals surface area contributed by atoms with Gasteiger partial charge in [0.25, 0.3) is 0 Å². The average molecular weight is 310 g/mol. The fourth-order valence-corrected chi connectivity index (χ4v) is 3.87. The lowest BCUT2D eigenvalue weighted by Gasteiger charge is -2.39. The van der Waals surface area contributed by atoms with Gasteiger partial charge in [-0.15, -0.1) is 0 Å². The van der Waals surface area contributed by atoms with Gasteiger partial charge in [0.05, 0.1) is 18.3 Å². The summed E-state index contributed by atoms with van der Waals surface area (Å²) in [6, 6.07) is 14.4. The smallest absolute Gasteiger partial charge is 0.248 e. The van der Waals surface area contributed by atoms with E-state index in [2.05, 4.69) is 36.6 Å². The van der Waals surface area contributed by atoms with Crippen LogP contribution in [0.4, 0.5) is 0 Å². The van der Waals surface area contributed by atoms with Crippen molar-refractivity contribution in [1.82, 2.24) is 9.47 Å². The van der Waals surface area contributed by atoms with Crippen LogP contribution in [0.3, 0.4) is 0 Å². The molecule has 1 saturated heterocycles. The van der Waals surface area contributed by atoms with Crippen molar-refractivity contribution in [2.75, 3.05) is 6.61 Å². The Balaban J connectivity index is 1.68. The molecule has 0 radical (unpaired) electrons. The molecule has 23 heavy (non-hydrogen) atoms. The van der Waals surface area contributed by atoms with Crippen LogP contribution < -0.4 is 0 Å². The predicted octanol–water partition coefficient (Wildman–Crippen LogP) is 3.17. The lowest BCUT2D eigenvalue weighted by Crippen LogP contribution is -2.48. The molecule has 4 heteroatoms. The Hall–Kier alpha value is -2.07. The van der Waals surface area contributed by atoms with Crippen LogP contribution in [0.5, 0.6) is 0 Å². The van der Waals surface area contributed by atoms with E-state index in [-0.39, 0.29) is 30.1 Å². The highest BCUT2D eigenvalue weighted by Gasteiger charge is 2.47. The number of aromatic nitrogens is 1. The molecule has 1 unspecified atom stereocenters. The molecular formula is C19H22N2O2. The van der Waals surface area contributed by atoms with E-state index >= 15 is 0 Å². The zero-order valence-corrected chi connectivity index (χ0v) is 13.6. The van der Waals surface area contributed by atoms with Gasteiger partial charge in [0.2, 0.25) is 5.91 Å². The molecule has 0 N–H and O–H groups in total. The van der Waals surface area contributed by atoms with Crippen LogP contribution in [0.15, 0.2) is 48.7 Å². The highest BCUT2D eigenvalue weighted by molar-refractivity contribution is 5.83. The Kier molecular flexibility index (Phi) is 3.49. The molecule has 1 aromatic heterocycles. The molecule has 0 bridgehead atoms. The van der Waals surface area contributed by atoms with Gasteiger partial charge in [0, 0.05) is 6.20 Å². The lowest BCUT2D eigenvalue weighted by atomic mass is 9.97. The second-order valence-electron chi connectivity index (χ2n) is 6.80. The number of fused-ring (bicyclic) bond motifs is 3. The van der Waals surface area contributed by atoms with E-state index in [9.17, 15) is 4.79 Å². The maximum Gasteiger partial charge on any atom is 0.248 e. The zero-order chi connectivity index (χ0) is 16.0. The average Bonchev–Trinajstić information content (AvgIpc) is 3.15. The Morgan fingerprint density at radius 2 is 1.96 bits per heavy atom. The fraction of sp³-hybridized carbons (Fsp3) is 0.421. The highest BCUT2D eigenvalue weighted by Crippen LogP contribution is 2.41. The molecule has 1 fully saturated rings. The van der Waals surface area contributed by atoms with Crippen LogP contribution in [-0.4, -0.2) is 28.0 Å². The van der Waals surface area contributed by atoms with E-state index in [1.807, 2.05) is 35.4 Å². The first-order chi connectivity index (χ1) is 11.2. The zero-order valence-electron chi connectivity index (χ0n) is 13.6. The summed E-state index contributed by atoms with van der Waals surface area (Å²) in [6.45, 7) is 4.81. The molecule has 120 valence electrons. The van der Waals surface area contributed by atoms with E-state index in [4.69, 9.17) is 4.74 Å². The van der Waals surface area contributed by atoms with Crippen molar-refractivity contribution in [2.24, 2.45) is 5.92 Å². The van der Waals surface area contributed by atoms with Gasteiger partial charge in [-0.2, -0.15) is 0 Å². The minimum Gasteiger partial charge on any atom is -0.350 e. The fourth-order valence-electron chi connectivity index (χ4n) is 3.87. The number of nitrogens with zero attached hydrogens (tertiary/aromatic N) is 2. The maximum atomic E-state index is 13.1. The van der Waals surface area contributed by atoms with Crippen LogP contribution >= 0.6 is 0 Å². The van der Waals surface area contributed by atoms with Gasteiger partial charge in [-0.1, -0.05) is 44.2 Å². The molecule has 4 nitrogen and oxygen atoms in total. The Labute approximate surface area is 136 Å². The Bertz CT molecular complexity index is 707. The molecule has 2 aliphatic rings. The topological polar surface area (TPSA) is 34.5 Å². The number of carbonyl (C=O) groups excluding carboxylic acids is 1. The summed E-state index contributed by atoms with van der Waals surface area (Å²) in [4.78, 5) is 15.1. The van der Waals surface area contributed by atoms with E-state index in [1.165, 1.54) is 5.56 Å². The van der Waals surface area contributed by atoms with E-state index in [0.717, 1.165) is 12.1 Å². The van der Waals surface area contributed by atoms with Gasteiger partial charge in [-0.05, 0) is 30.0 Å². The minimum atomic E-state index is -0.235. The lowest BCUT2D eigenvalue weighted by molar-refractivity contribution is -0.147. The summed E-state index contributed by atoms with van der Waals surface area (Å²) in [7, 11) is 0. The van der Waals surface area contributed by atoms with E-state index in [0.29, 0.717) is 6.61 Å². The summed E-state index contributed by atoms with van der Waals surface area (Å²) in [5.74, 6) is 0.444. The third-order valence-corrected chi connectivity index (χ3v) is 4.91. The number of hydrogen-bond acceptors (Lipinski definition) is 2. The third-order valence-electron chi connectivity index (χ3n) is 4.91. The van der Waals surface area contributed by atoms with Crippen LogP contribution in [0.25, 0.3) is 0 Å². The first-order valence-corrected chi connectivity index (χ1v) is 8.31. The van der Waals surface area contributed by atoms with E-state index in [1.54, 1.807) is 0 Å². The second kappa shape index (κ2) is 5.53. The quantitative estimate of drug-likeness (QED) is 0.873. The van der Waals surface area contributed by atoms with Crippen molar-refractivity contribution in [1.29, 1.82) is 0 Å². The van der Waals surface area contributed by atoms with Crippen molar-refractivity contribution in [3.63, 3.8) is 0 Å². The summed E-state index contributed by atoms with van der Waals surface area (Å²) in [5.41, 5.74) is 2.34. The molecular weight excluding hydrogens is 288 g/mol. The molecule has 3 heterocycles. The molecule has 1 aromatic carbocycles. The summed E-state index contributed by atoms with van der Waals surface area (Å²) in [5, 5.41) is 0. The van der Waals surface area contributed by atoms with Gasteiger partial charge in [0.15, 0.2) is 6.23 Å². The van der Waals surface area contributed by atoms with Crippen molar-refractivity contribution >= 4 is 5.91 Å². The van der Waals surface area contributed by atoms with E-state index < -0.39 is 0 Å². The van der Waals surface area contributed by atoms with Crippen molar-refractivity contribution in [3.05, 3.63) is 59.9 Å². The Morgan fingerprint density at radius 3 is 2.70 bits per heavy atom. The van der Waals surface area contributed by atoms with Gasteiger partial charge >= 0.3 is 0 Å². The van der Waals surface area contributed by atoms with Gasteiger partial charge in [-0.3, -0.25) is 4.79 Å². The van der Waals surface area contributed by atoms with Gasteiger partial charge in [0.1, 0.15) is 6.04 Å². The van der Waals surface area contributed by atoms with Crippen molar-refractivity contribution in [2.45, 2.75) is 38.6 Å². The second-order valence-corrected chi connectivity index (χ2v) is 6.80. The molecule has 2 aliphatic heterocycles. The molecule has 0 saturated carbocycles. The molecule has 1 amide bonds. The predicted molar refractivity (Wildman–Crippen MR) is 87.8 cm³/mol. The molecule has 0 spiro atoms. The normalized spacial score (nSPS) is 26.5. The van der Waals surface area contributed by atoms with Crippen molar-refractivity contribution < 1.29 is 9.53 Å². The molecule has 4 rings (SSSR count). The van der Waals surface area contributed by atoms with Crippen LogP contribution in [0.1, 0.15) is 37.4 Å². The van der Waals surface area contributed by atoms with Crippen LogP contribution in [0.2, 0.25) is 0 Å². The van der Waals surface area contributed by atoms with Gasteiger partial charge in [-0.25, -0.2) is 0 Å². The van der Waals surface area contributed by atoms with Crippen LogP contribution in [0, 0.1) is 5.92 Å². The number of carbonyl (C=O) groups is 1. The summed E-state index contributed by atoms with van der Waals surface area (Å²) >= 11 is 0. The molecule has 2 aromatic rings. The molecule has 3 atom stereocenters. The third kappa shape index (κ3) is 2.29. The number of rotatable bonds is 3. The first kappa shape index (κ1) is 14.5. The number of amides is 1. The molecule has 0 aliphatic carbocycles. The monoisotopic (exact) mass is 310 g/mol. The maximum absolute atomic E-state index is 13.1. The minimum absolute atomic E-state index is 0.111. The Morgan fingerprint density at radius 1 is 1.17 bits per heavy atom. The first-order valence-electron chi connectivity index (χ1n) is 8.31. The SMILES string of the molecule is CC(C)[C@H]1C(=O)N2C(OC[C@@H]2Cc2ccccc2)c2cccn21.